The predicted molar refractivity (Wildman–Crippen MR) is 86.7 cm³/mol. The van der Waals surface area contributed by atoms with Gasteiger partial charge in [0.1, 0.15) is 5.82 Å². The average Bonchev–Trinajstić information content (AvgIpc) is 2.50. The first-order valence-corrected chi connectivity index (χ1v) is 8.43. The monoisotopic (exact) mass is 292 g/mol. The van der Waals surface area contributed by atoms with E-state index in [0.717, 1.165) is 50.6 Å². The van der Waals surface area contributed by atoms with Gasteiger partial charge in [0.15, 0.2) is 0 Å². The standard InChI is InChI=1S/C18H29FN2/c1-3-13-21(15-11-9-14(20)10-12-15)18(4-2)16-7-5-6-8-17(16)19/h5-8,14-15,18H,3-4,9-13,20H2,1-2H3. The molecular weight excluding hydrogens is 263 g/mol. The van der Waals surface area contributed by atoms with Gasteiger partial charge < -0.3 is 5.73 Å². The van der Waals surface area contributed by atoms with Crippen molar-refractivity contribution in [3.8, 4) is 0 Å². The quantitative estimate of drug-likeness (QED) is 0.849. The lowest BCUT2D eigenvalue weighted by Gasteiger charge is -2.41. The first-order chi connectivity index (χ1) is 10.2. The molecule has 0 saturated heterocycles. The van der Waals surface area contributed by atoms with Crippen LogP contribution in [0.5, 0.6) is 0 Å². The zero-order valence-electron chi connectivity index (χ0n) is 13.4. The van der Waals surface area contributed by atoms with Crippen molar-refractivity contribution in [2.45, 2.75) is 70.5 Å². The van der Waals surface area contributed by atoms with Crippen molar-refractivity contribution in [2.75, 3.05) is 6.54 Å². The van der Waals surface area contributed by atoms with E-state index in [1.165, 1.54) is 0 Å². The zero-order valence-corrected chi connectivity index (χ0v) is 13.4. The lowest BCUT2D eigenvalue weighted by atomic mass is 9.88. The molecule has 2 rings (SSSR count). The van der Waals surface area contributed by atoms with Crippen molar-refractivity contribution in [3.63, 3.8) is 0 Å². The molecule has 1 aliphatic rings. The Morgan fingerprint density at radius 1 is 1.19 bits per heavy atom. The first kappa shape index (κ1) is 16.4. The molecule has 21 heavy (non-hydrogen) atoms. The SMILES string of the molecule is CCCN(C1CCC(N)CC1)C(CC)c1ccccc1F. The Morgan fingerprint density at radius 3 is 2.43 bits per heavy atom. The molecule has 1 atom stereocenters. The van der Waals surface area contributed by atoms with Crippen LogP contribution in [0.2, 0.25) is 0 Å². The van der Waals surface area contributed by atoms with E-state index in [1.807, 2.05) is 12.1 Å². The molecule has 1 aromatic carbocycles. The lowest BCUT2D eigenvalue weighted by Crippen LogP contribution is -2.43. The molecule has 0 aromatic heterocycles. The highest BCUT2D eigenvalue weighted by atomic mass is 19.1. The third-order valence-corrected chi connectivity index (χ3v) is 4.74. The number of benzene rings is 1. The van der Waals surface area contributed by atoms with E-state index in [-0.39, 0.29) is 11.9 Å². The smallest absolute Gasteiger partial charge is 0.127 e. The largest absolute Gasteiger partial charge is 0.328 e. The molecule has 1 saturated carbocycles. The minimum absolute atomic E-state index is 0.0713. The van der Waals surface area contributed by atoms with E-state index in [2.05, 4.69) is 18.7 Å². The molecule has 0 aliphatic heterocycles. The van der Waals surface area contributed by atoms with Gasteiger partial charge in [-0.25, -0.2) is 4.39 Å². The van der Waals surface area contributed by atoms with Gasteiger partial charge in [0.25, 0.3) is 0 Å². The lowest BCUT2D eigenvalue weighted by molar-refractivity contribution is 0.0943. The predicted octanol–water partition coefficient (Wildman–Crippen LogP) is 4.26. The topological polar surface area (TPSA) is 29.3 Å². The van der Waals surface area contributed by atoms with Crippen LogP contribution in [0, 0.1) is 5.82 Å². The Morgan fingerprint density at radius 2 is 1.86 bits per heavy atom. The van der Waals surface area contributed by atoms with E-state index < -0.39 is 0 Å². The van der Waals surface area contributed by atoms with Gasteiger partial charge in [-0.15, -0.1) is 0 Å². The summed E-state index contributed by atoms with van der Waals surface area (Å²) in [4.78, 5) is 2.53. The Bertz CT molecular complexity index is 427. The Balaban J connectivity index is 2.20. The summed E-state index contributed by atoms with van der Waals surface area (Å²) in [6, 6.07) is 8.34. The number of hydrogen-bond acceptors (Lipinski definition) is 2. The number of rotatable bonds is 6. The molecule has 118 valence electrons. The van der Waals surface area contributed by atoms with Gasteiger partial charge in [0, 0.05) is 23.7 Å². The maximum absolute atomic E-state index is 14.2. The molecule has 1 aromatic rings. The van der Waals surface area contributed by atoms with Gasteiger partial charge in [-0.2, -0.15) is 0 Å². The zero-order chi connectivity index (χ0) is 15.2. The van der Waals surface area contributed by atoms with E-state index in [0.29, 0.717) is 12.1 Å². The number of hydrogen-bond donors (Lipinski definition) is 1. The fourth-order valence-corrected chi connectivity index (χ4v) is 3.66. The van der Waals surface area contributed by atoms with Crippen LogP contribution in [0.15, 0.2) is 24.3 Å². The molecule has 0 heterocycles. The summed E-state index contributed by atoms with van der Waals surface area (Å²) < 4.78 is 14.2. The molecular formula is C18H29FN2. The van der Waals surface area contributed by atoms with Crippen molar-refractivity contribution in [1.29, 1.82) is 0 Å². The van der Waals surface area contributed by atoms with E-state index in [4.69, 9.17) is 5.73 Å². The summed E-state index contributed by atoms with van der Waals surface area (Å²) in [5.74, 6) is -0.0713. The molecule has 0 amide bonds. The molecule has 3 heteroatoms. The van der Waals surface area contributed by atoms with Crippen LogP contribution < -0.4 is 5.73 Å². The van der Waals surface area contributed by atoms with Gasteiger partial charge in [0.2, 0.25) is 0 Å². The highest BCUT2D eigenvalue weighted by Gasteiger charge is 2.30. The summed E-state index contributed by atoms with van der Waals surface area (Å²) in [7, 11) is 0. The highest BCUT2D eigenvalue weighted by Crippen LogP contribution is 2.33. The summed E-state index contributed by atoms with van der Waals surface area (Å²) >= 11 is 0. The molecule has 1 unspecified atom stereocenters. The van der Waals surface area contributed by atoms with Crippen LogP contribution in [0.4, 0.5) is 4.39 Å². The van der Waals surface area contributed by atoms with Gasteiger partial charge in [-0.1, -0.05) is 32.0 Å². The third-order valence-electron chi connectivity index (χ3n) is 4.74. The molecule has 2 N–H and O–H groups in total. The fourth-order valence-electron chi connectivity index (χ4n) is 3.66. The van der Waals surface area contributed by atoms with Crippen molar-refractivity contribution < 1.29 is 4.39 Å². The molecule has 1 aliphatic carbocycles. The molecule has 1 fully saturated rings. The highest BCUT2D eigenvalue weighted by molar-refractivity contribution is 5.21. The Hall–Kier alpha value is -0.930. The molecule has 0 radical (unpaired) electrons. The first-order valence-electron chi connectivity index (χ1n) is 8.43. The number of nitrogens with two attached hydrogens (primary N) is 1. The summed E-state index contributed by atoms with van der Waals surface area (Å²) in [6.07, 6.45) is 6.53. The maximum atomic E-state index is 14.2. The normalized spacial score (nSPS) is 24.2. The van der Waals surface area contributed by atoms with Crippen LogP contribution >= 0.6 is 0 Å². The molecule has 0 bridgehead atoms. The van der Waals surface area contributed by atoms with Crippen molar-refractivity contribution in [1.82, 2.24) is 4.90 Å². The van der Waals surface area contributed by atoms with Crippen molar-refractivity contribution in [2.24, 2.45) is 5.73 Å². The fraction of sp³-hybridized carbons (Fsp3) is 0.667. The van der Waals surface area contributed by atoms with Crippen LogP contribution in [-0.4, -0.2) is 23.5 Å². The van der Waals surface area contributed by atoms with Gasteiger partial charge >= 0.3 is 0 Å². The maximum Gasteiger partial charge on any atom is 0.127 e. The minimum Gasteiger partial charge on any atom is -0.328 e. The molecule has 2 nitrogen and oxygen atoms in total. The van der Waals surface area contributed by atoms with Gasteiger partial charge in [-0.3, -0.25) is 4.90 Å². The van der Waals surface area contributed by atoms with Crippen LogP contribution in [0.1, 0.15) is 64.0 Å². The second kappa shape index (κ2) is 7.90. The number of halogens is 1. The molecule has 0 spiro atoms. The van der Waals surface area contributed by atoms with E-state index >= 15 is 0 Å². The van der Waals surface area contributed by atoms with Crippen LogP contribution in [-0.2, 0) is 0 Å². The third kappa shape index (κ3) is 4.04. The minimum atomic E-state index is -0.0713. The van der Waals surface area contributed by atoms with Gasteiger partial charge in [0.05, 0.1) is 0 Å². The van der Waals surface area contributed by atoms with Crippen molar-refractivity contribution >= 4 is 0 Å². The van der Waals surface area contributed by atoms with E-state index in [9.17, 15) is 4.39 Å². The second-order valence-corrected chi connectivity index (χ2v) is 6.25. The Labute approximate surface area is 128 Å². The number of nitrogens with zero attached hydrogens (tertiary/aromatic N) is 1. The summed E-state index contributed by atoms with van der Waals surface area (Å²) in [5, 5.41) is 0. The summed E-state index contributed by atoms with van der Waals surface area (Å²) in [5.41, 5.74) is 6.89. The van der Waals surface area contributed by atoms with Crippen LogP contribution in [0.3, 0.4) is 0 Å². The summed E-state index contributed by atoms with van der Waals surface area (Å²) in [6.45, 7) is 5.40. The second-order valence-electron chi connectivity index (χ2n) is 6.25. The van der Waals surface area contributed by atoms with Gasteiger partial charge in [-0.05, 0) is 51.1 Å². The Kier molecular flexibility index (Phi) is 6.19. The average molecular weight is 292 g/mol. The van der Waals surface area contributed by atoms with E-state index in [1.54, 1.807) is 12.1 Å². The van der Waals surface area contributed by atoms with Crippen molar-refractivity contribution in [3.05, 3.63) is 35.6 Å². The van der Waals surface area contributed by atoms with Crippen LogP contribution in [0.25, 0.3) is 0 Å².